The summed E-state index contributed by atoms with van der Waals surface area (Å²) in [5.74, 6) is -1.65. The maximum Gasteiger partial charge on any atom is 0.317 e. The number of alkyl halides is 3. The number of carbonyl (C=O) groups excluding carboxylic acids is 1. The fourth-order valence-electron chi connectivity index (χ4n) is 7.60. The lowest BCUT2D eigenvalue weighted by molar-refractivity contribution is -0.0971. The molecule has 2 saturated heterocycles. The van der Waals surface area contributed by atoms with E-state index >= 15 is 8.78 Å². The first-order valence-corrected chi connectivity index (χ1v) is 14.4. The molecule has 2 aliphatic heterocycles. The number of nitrogens with one attached hydrogen (secondary N) is 1. The Morgan fingerprint density at radius 3 is 2.39 bits per heavy atom. The van der Waals surface area contributed by atoms with E-state index in [-0.39, 0.29) is 41.7 Å². The van der Waals surface area contributed by atoms with Gasteiger partial charge < -0.3 is 14.7 Å². The van der Waals surface area contributed by atoms with Gasteiger partial charge in [0.2, 0.25) is 5.89 Å². The molecule has 3 heterocycles. The Labute approximate surface area is 222 Å². The molecule has 0 aromatic carbocycles. The van der Waals surface area contributed by atoms with Crippen LogP contribution in [-0.4, -0.2) is 100 Å². The first kappa shape index (κ1) is 26.3. The van der Waals surface area contributed by atoms with Gasteiger partial charge in [0.05, 0.1) is 5.92 Å². The summed E-state index contributed by atoms with van der Waals surface area (Å²) >= 11 is 0. The first-order valence-electron chi connectivity index (χ1n) is 14.4. The standard InChI is InChI=1S/C27H41F3N6O2/c1-16(2)34-7-9-35(10-8-34)21-5-4-6-27(29,30)22(21)31-25(37)36-14-17-12-26(3,13-18(17)15-36)24-32-23(38-33-24)19-11-20(19)28/h16-22H,4-15H2,1-3H3,(H,31,37)/t17-,18+,19-,20+,21+,22-,26-/m1/s1. The van der Waals surface area contributed by atoms with E-state index in [1.807, 2.05) is 0 Å². The number of hydrogen-bond acceptors (Lipinski definition) is 6. The van der Waals surface area contributed by atoms with Crippen molar-refractivity contribution in [1.82, 2.24) is 30.2 Å². The number of aromatic nitrogens is 2. The van der Waals surface area contributed by atoms with Crippen LogP contribution in [0, 0.1) is 11.8 Å². The summed E-state index contributed by atoms with van der Waals surface area (Å²) in [7, 11) is 0. The third-order valence-electron chi connectivity index (χ3n) is 9.98. The van der Waals surface area contributed by atoms with Crippen LogP contribution >= 0.6 is 0 Å². The first-order chi connectivity index (χ1) is 18.0. The molecule has 11 heteroatoms. The van der Waals surface area contributed by atoms with Gasteiger partial charge in [-0.3, -0.25) is 9.80 Å². The highest BCUT2D eigenvalue weighted by Crippen LogP contribution is 2.50. The zero-order valence-corrected chi connectivity index (χ0v) is 22.7. The molecule has 7 atom stereocenters. The summed E-state index contributed by atoms with van der Waals surface area (Å²) < 4.78 is 49.2. The van der Waals surface area contributed by atoms with Crippen LogP contribution in [0.2, 0.25) is 0 Å². The number of nitrogens with zero attached hydrogens (tertiary/aromatic N) is 5. The highest BCUT2D eigenvalue weighted by atomic mass is 19.3. The van der Waals surface area contributed by atoms with Crippen LogP contribution < -0.4 is 5.32 Å². The van der Waals surface area contributed by atoms with E-state index in [0.717, 1.165) is 39.0 Å². The Kier molecular flexibility index (Phi) is 6.69. The van der Waals surface area contributed by atoms with Crippen molar-refractivity contribution >= 4 is 6.03 Å². The van der Waals surface area contributed by atoms with E-state index in [9.17, 15) is 9.18 Å². The van der Waals surface area contributed by atoms with Gasteiger partial charge in [-0.05, 0) is 57.8 Å². The van der Waals surface area contributed by atoms with Gasteiger partial charge in [0.25, 0.3) is 5.92 Å². The van der Waals surface area contributed by atoms with E-state index in [0.29, 0.717) is 50.1 Å². The van der Waals surface area contributed by atoms with E-state index in [4.69, 9.17) is 4.52 Å². The van der Waals surface area contributed by atoms with Gasteiger partial charge in [0, 0.05) is 63.2 Å². The molecule has 5 aliphatic rings. The molecule has 5 fully saturated rings. The predicted molar refractivity (Wildman–Crippen MR) is 135 cm³/mol. The summed E-state index contributed by atoms with van der Waals surface area (Å²) in [5, 5.41) is 6.98. The second kappa shape index (κ2) is 9.64. The smallest absolute Gasteiger partial charge is 0.317 e. The molecular weight excluding hydrogens is 497 g/mol. The Bertz CT molecular complexity index is 1010. The summed E-state index contributed by atoms with van der Waals surface area (Å²) in [6, 6.07) is -1.44. The molecule has 3 aliphatic carbocycles. The lowest BCUT2D eigenvalue weighted by Gasteiger charge is -2.47. The SMILES string of the molecule is CC(C)N1CCN([C@H]2CCCC(F)(F)[C@@H]2NC(=O)N2C[C@@H]3C[C@](C)(c4noc([C@@H]5C[C@@H]5F)n4)C[C@@H]3C2)CC1. The average Bonchev–Trinajstić information content (AvgIpc) is 3.19. The largest absolute Gasteiger partial charge is 0.339 e. The normalized spacial score (nSPS) is 39.5. The molecule has 2 amide bonds. The molecule has 6 rings (SSSR count). The summed E-state index contributed by atoms with van der Waals surface area (Å²) in [4.78, 5) is 24.1. The highest BCUT2D eigenvalue weighted by Gasteiger charge is 2.54. The third kappa shape index (κ3) is 4.82. The van der Waals surface area contributed by atoms with Crippen LogP contribution in [0.4, 0.5) is 18.0 Å². The number of rotatable bonds is 5. The number of halogens is 3. The zero-order chi connectivity index (χ0) is 26.8. The minimum Gasteiger partial charge on any atom is -0.339 e. The average molecular weight is 539 g/mol. The number of piperazine rings is 1. The molecule has 1 N–H and O–H groups in total. The van der Waals surface area contributed by atoms with E-state index < -0.39 is 18.1 Å². The van der Waals surface area contributed by atoms with Gasteiger partial charge in [-0.15, -0.1) is 0 Å². The maximum atomic E-state index is 15.2. The van der Waals surface area contributed by atoms with Crippen molar-refractivity contribution in [1.29, 1.82) is 0 Å². The quantitative estimate of drug-likeness (QED) is 0.615. The van der Waals surface area contributed by atoms with Crippen molar-refractivity contribution < 1.29 is 22.5 Å². The van der Waals surface area contributed by atoms with E-state index in [1.165, 1.54) is 0 Å². The van der Waals surface area contributed by atoms with Crippen LogP contribution in [-0.2, 0) is 5.41 Å². The van der Waals surface area contributed by atoms with Crippen molar-refractivity contribution in [3.05, 3.63) is 11.7 Å². The molecular formula is C27H41F3N6O2. The van der Waals surface area contributed by atoms with Crippen molar-refractivity contribution in [3.63, 3.8) is 0 Å². The topological polar surface area (TPSA) is 77.7 Å². The van der Waals surface area contributed by atoms with Crippen molar-refractivity contribution in [2.75, 3.05) is 39.3 Å². The van der Waals surface area contributed by atoms with Crippen LogP contribution in [0.5, 0.6) is 0 Å². The molecule has 0 bridgehead atoms. The lowest BCUT2D eigenvalue weighted by atomic mass is 9.85. The molecule has 3 saturated carbocycles. The molecule has 0 unspecified atom stereocenters. The van der Waals surface area contributed by atoms with Crippen LogP contribution in [0.15, 0.2) is 4.52 Å². The van der Waals surface area contributed by atoms with Gasteiger partial charge in [-0.2, -0.15) is 4.98 Å². The van der Waals surface area contributed by atoms with Gasteiger partial charge in [-0.25, -0.2) is 18.0 Å². The predicted octanol–water partition coefficient (Wildman–Crippen LogP) is 3.79. The van der Waals surface area contributed by atoms with Gasteiger partial charge in [-0.1, -0.05) is 12.1 Å². The Hall–Kier alpha value is -1.88. The van der Waals surface area contributed by atoms with E-state index in [2.05, 4.69) is 46.0 Å². The van der Waals surface area contributed by atoms with Crippen LogP contribution in [0.25, 0.3) is 0 Å². The van der Waals surface area contributed by atoms with Crippen LogP contribution in [0.3, 0.4) is 0 Å². The van der Waals surface area contributed by atoms with Gasteiger partial charge in [0.1, 0.15) is 12.2 Å². The Balaban J connectivity index is 1.07. The van der Waals surface area contributed by atoms with Crippen molar-refractivity contribution in [2.24, 2.45) is 11.8 Å². The molecule has 1 aromatic rings. The van der Waals surface area contributed by atoms with Crippen molar-refractivity contribution in [3.8, 4) is 0 Å². The minimum atomic E-state index is -2.92. The molecule has 38 heavy (non-hydrogen) atoms. The molecule has 0 radical (unpaired) electrons. The number of fused-ring (bicyclic) bond motifs is 1. The Morgan fingerprint density at radius 1 is 1.13 bits per heavy atom. The molecule has 8 nitrogen and oxygen atoms in total. The van der Waals surface area contributed by atoms with Crippen molar-refractivity contribution in [2.45, 2.75) is 101 Å². The van der Waals surface area contributed by atoms with E-state index in [1.54, 1.807) is 4.90 Å². The number of likely N-dealkylation sites (tertiary alicyclic amines) is 1. The fraction of sp³-hybridized carbons (Fsp3) is 0.889. The van der Waals surface area contributed by atoms with Crippen LogP contribution in [0.1, 0.15) is 76.9 Å². The fourth-order valence-corrected chi connectivity index (χ4v) is 7.60. The minimum absolute atomic E-state index is 0.180. The maximum absolute atomic E-state index is 15.2. The van der Waals surface area contributed by atoms with Gasteiger partial charge >= 0.3 is 6.03 Å². The summed E-state index contributed by atoms with van der Waals surface area (Å²) in [5.41, 5.74) is -0.278. The zero-order valence-electron chi connectivity index (χ0n) is 22.7. The monoisotopic (exact) mass is 538 g/mol. The summed E-state index contributed by atoms with van der Waals surface area (Å²) in [6.07, 6.45) is 2.14. The Morgan fingerprint density at radius 2 is 1.79 bits per heavy atom. The molecule has 212 valence electrons. The number of urea groups is 1. The lowest BCUT2D eigenvalue weighted by Crippen LogP contribution is -2.65. The summed E-state index contributed by atoms with van der Waals surface area (Å²) in [6.45, 7) is 10.8. The molecule has 0 spiro atoms. The third-order valence-corrected chi connectivity index (χ3v) is 9.98. The highest BCUT2D eigenvalue weighted by molar-refractivity contribution is 5.75. The number of amides is 2. The second-order valence-corrected chi connectivity index (χ2v) is 13.0. The number of hydrogen-bond donors (Lipinski definition) is 1. The molecule has 1 aromatic heterocycles. The second-order valence-electron chi connectivity index (χ2n) is 13.0. The number of carbonyl (C=O) groups is 1. The van der Waals surface area contributed by atoms with Gasteiger partial charge in [0.15, 0.2) is 5.82 Å².